The number of nitrogens with zero attached hydrogens (tertiary/aromatic N) is 2. The Morgan fingerprint density at radius 2 is 2.16 bits per heavy atom. The van der Waals surface area contributed by atoms with Gasteiger partial charge in [-0.25, -0.2) is 10.1 Å². The second-order valence-electron chi connectivity index (χ2n) is 3.67. The summed E-state index contributed by atoms with van der Waals surface area (Å²) in [6.07, 6.45) is 0. The van der Waals surface area contributed by atoms with Gasteiger partial charge < -0.3 is 15.2 Å². The van der Waals surface area contributed by atoms with E-state index in [1.165, 1.54) is 5.06 Å². The van der Waals surface area contributed by atoms with Gasteiger partial charge in [0.05, 0.1) is 34.8 Å². The monoisotopic (exact) mass is 302 g/mol. The van der Waals surface area contributed by atoms with Crippen molar-refractivity contribution in [2.45, 2.75) is 0 Å². The number of carboxylic acids is 1. The second kappa shape index (κ2) is 6.10. The molecule has 0 unspecified atom stereocenters. The van der Waals surface area contributed by atoms with Crippen molar-refractivity contribution in [2.75, 3.05) is 25.0 Å². The summed E-state index contributed by atoms with van der Waals surface area (Å²) in [5.74, 6) is -0.946. The summed E-state index contributed by atoms with van der Waals surface area (Å²) >= 11 is 12.0. The molecule has 0 saturated carbocycles. The van der Waals surface area contributed by atoms with Crippen LogP contribution in [0.25, 0.3) is 0 Å². The van der Waals surface area contributed by atoms with Gasteiger partial charge in [-0.05, 0) is 12.1 Å². The first-order valence-electron chi connectivity index (χ1n) is 5.43. The first kappa shape index (κ1) is 13.9. The Hall–Kier alpha value is -1.50. The van der Waals surface area contributed by atoms with Crippen LogP contribution < -0.4 is 10.4 Å². The lowest BCUT2D eigenvalue weighted by Gasteiger charge is -2.21. The average Bonchev–Trinajstić information content (AvgIpc) is 2.79. The molecule has 0 aliphatic carbocycles. The zero-order chi connectivity index (χ0) is 13.8. The number of anilines is 1. The summed E-state index contributed by atoms with van der Waals surface area (Å²) < 4.78 is 0. The van der Waals surface area contributed by atoms with Crippen molar-refractivity contribution in [3.8, 4) is 0 Å². The quantitative estimate of drug-likeness (QED) is 0.888. The number of aliphatic carboxylic acids is 1. The van der Waals surface area contributed by atoms with Crippen LogP contribution in [0.2, 0.25) is 10.0 Å². The molecule has 1 aliphatic heterocycles. The SMILES string of the molecule is O=C([O-])CON1CCN=C1Nc1c(Cl)cccc1Cl. The second-order valence-corrected chi connectivity index (χ2v) is 4.49. The summed E-state index contributed by atoms with van der Waals surface area (Å²) in [5.41, 5.74) is 0.494. The molecule has 102 valence electrons. The molecule has 1 aromatic rings. The van der Waals surface area contributed by atoms with Gasteiger partial charge in [-0.15, -0.1) is 0 Å². The van der Waals surface area contributed by atoms with Gasteiger partial charge in [0.2, 0.25) is 5.96 Å². The number of carboxylic acid groups (broad SMARTS) is 1. The maximum atomic E-state index is 10.4. The van der Waals surface area contributed by atoms with Crippen LogP contribution >= 0.6 is 23.2 Å². The van der Waals surface area contributed by atoms with E-state index in [-0.39, 0.29) is 0 Å². The number of hydroxylamine groups is 2. The molecule has 0 spiro atoms. The number of halogens is 2. The van der Waals surface area contributed by atoms with Crippen molar-refractivity contribution in [1.29, 1.82) is 0 Å². The van der Waals surface area contributed by atoms with E-state index in [1.807, 2.05) is 0 Å². The van der Waals surface area contributed by atoms with Crippen LogP contribution in [0.3, 0.4) is 0 Å². The number of carbonyl (C=O) groups excluding carboxylic acids is 1. The number of para-hydroxylation sites is 1. The number of carbonyl (C=O) groups is 1. The maximum absolute atomic E-state index is 10.4. The van der Waals surface area contributed by atoms with E-state index in [9.17, 15) is 9.90 Å². The summed E-state index contributed by atoms with van der Waals surface area (Å²) in [5, 5.41) is 15.5. The van der Waals surface area contributed by atoms with Gasteiger partial charge in [-0.3, -0.25) is 4.84 Å². The first-order valence-corrected chi connectivity index (χ1v) is 6.19. The zero-order valence-corrected chi connectivity index (χ0v) is 11.2. The van der Waals surface area contributed by atoms with Crippen LogP contribution in [0, 0.1) is 0 Å². The number of hydrogen-bond donors (Lipinski definition) is 1. The molecule has 1 aliphatic rings. The number of hydrogen-bond acceptors (Lipinski definition) is 6. The maximum Gasteiger partial charge on any atom is 0.223 e. The van der Waals surface area contributed by atoms with E-state index >= 15 is 0 Å². The van der Waals surface area contributed by atoms with Crippen molar-refractivity contribution in [3.63, 3.8) is 0 Å². The van der Waals surface area contributed by atoms with Crippen molar-refractivity contribution >= 4 is 40.8 Å². The molecule has 19 heavy (non-hydrogen) atoms. The fourth-order valence-electron chi connectivity index (χ4n) is 1.52. The molecule has 0 bridgehead atoms. The highest BCUT2D eigenvalue weighted by Gasteiger charge is 2.19. The first-order chi connectivity index (χ1) is 9.08. The Morgan fingerprint density at radius 1 is 1.47 bits per heavy atom. The van der Waals surface area contributed by atoms with Gasteiger partial charge in [0.15, 0.2) is 0 Å². The third-order valence-electron chi connectivity index (χ3n) is 2.34. The number of rotatable bonds is 4. The average molecular weight is 303 g/mol. The number of guanidine groups is 1. The van der Waals surface area contributed by atoms with Crippen molar-refractivity contribution in [2.24, 2.45) is 4.99 Å². The number of aliphatic imine (C=N–C) groups is 1. The van der Waals surface area contributed by atoms with Crippen LogP contribution in [0.15, 0.2) is 23.2 Å². The molecule has 0 aromatic heterocycles. The van der Waals surface area contributed by atoms with Gasteiger partial charge >= 0.3 is 0 Å². The van der Waals surface area contributed by atoms with Crippen molar-refractivity contribution < 1.29 is 14.7 Å². The van der Waals surface area contributed by atoms with Crippen LogP contribution in [-0.4, -0.2) is 36.7 Å². The van der Waals surface area contributed by atoms with E-state index in [2.05, 4.69) is 10.3 Å². The molecule has 0 atom stereocenters. The minimum atomic E-state index is -1.30. The molecule has 6 nitrogen and oxygen atoms in total. The van der Waals surface area contributed by atoms with E-state index in [1.54, 1.807) is 18.2 Å². The van der Waals surface area contributed by atoms with Crippen LogP contribution in [0.5, 0.6) is 0 Å². The smallest absolute Gasteiger partial charge is 0.223 e. The Kier molecular flexibility index (Phi) is 4.47. The molecule has 1 N–H and O–H groups in total. The van der Waals surface area contributed by atoms with Crippen molar-refractivity contribution in [3.05, 3.63) is 28.2 Å². The van der Waals surface area contributed by atoms with Gasteiger partial charge in [0.1, 0.15) is 6.61 Å². The normalized spacial score (nSPS) is 14.4. The zero-order valence-electron chi connectivity index (χ0n) is 9.73. The lowest BCUT2D eigenvalue weighted by molar-refractivity contribution is -0.314. The molecule has 0 fully saturated rings. The molecule has 0 amide bonds. The summed E-state index contributed by atoms with van der Waals surface area (Å²) in [6, 6.07) is 5.08. The third-order valence-corrected chi connectivity index (χ3v) is 2.97. The fraction of sp³-hybridized carbons (Fsp3) is 0.273. The Morgan fingerprint density at radius 3 is 2.79 bits per heavy atom. The minimum Gasteiger partial charge on any atom is -0.548 e. The summed E-state index contributed by atoms with van der Waals surface area (Å²) in [7, 11) is 0. The minimum absolute atomic E-state index is 0.358. The number of nitrogens with one attached hydrogen (secondary N) is 1. The highest BCUT2D eigenvalue weighted by Crippen LogP contribution is 2.30. The molecule has 0 radical (unpaired) electrons. The summed E-state index contributed by atoms with van der Waals surface area (Å²) in [4.78, 5) is 19.5. The third kappa shape index (κ3) is 3.50. The van der Waals surface area contributed by atoms with E-state index in [4.69, 9.17) is 28.0 Å². The molecular formula is C11H10Cl2N3O3-. The predicted octanol–water partition coefficient (Wildman–Crippen LogP) is 0.758. The van der Waals surface area contributed by atoms with Crippen molar-refractivity contribution in [1.82, 2.24) is 5.06 Å². The molecule has 2 rings (SSSR count). The highest BCUT2D eigenvalue weighted by atomic mass is 35.5. The lowest BCUT2D eigenvalue weighted by Crippen LogP contribution is -2.38. The molecular weight excluding hydrogens is 293 g/mol. The van der Waals surface area contributed by atoms with Crippen LogP contribution in [-0.2, 0) is 9.63 Å². The summed E-state index contributed by atoms with van der Waals surface area (Å²) in [6.45, 7) is 0.381. The standard InChI is InChI=1S/C11H11Cl2N3O3/c12-7-2-1-3-8(13)10(7)15-11-14-4-5-16(11)19-6-9(17)18/h1-3H,4-6H2,(H,14,15)(H,17,18)/p-1. The Labute approximate surface area is 119 Å². The van der Waals surface area contributed by atoms with Gasteiger partial charge in [-0.1, -0.05) is 29.3 Å². The van der Waals surface area contributed by atoms with Crippen LogP contribution in [0.1, 0.15) is 0 Å². The van der Waals surface area contributed by atoms with Gasteiger partial charge in [-0.2, -0.15) is 0 Å². The molecule has 8 heteroatoms. The largest absolute Gasteiger partial charge is 0.548 e. The predicted molar refractivity (Wildman–Crippen MR) is 70.1 cm³/mol. The van der Waals surface area contributed by atoms with E-state index in [0.29, 0.717) is 34.8 Å². The van der Waals surface area contributed by atoms with E-state index in [0.717, 1.165) is 0 Å². The van der Waals surface area contributed by atoms with E-state index < -0.39 is 12.6 Å². The Bertz CT molecular complexity index is 502. The van der Waals surface area contributed by atoms with Crippen LogP contribution in [0.4, 0.5) is 5.69 Å². The fourth-order valence-corrected chi connectivity index (χ4v) is 2.01. The Balaban J connectivity index is 2.07. The van der Waals surface area contributed by atoms with Gasteiger partial charge in [0, 0.05) is 0 Å². The van der Waals surface area contributed by atoms with Gasteiger partial charge in [0.25, 0.3) is 0 Å². The lowest BCUT2D eigenvalue weighted by atomic mass is 10.3. The highest BCUT2D eigenvalue weighted by molar-refractivity contribution is 6.39. The molecule has 1 heterocycles. The number of benzene rings is 1. The topological polar surface area (TPSA) is 77.0 Å². The molecule has 1 aromatic carbocycles. The molecule has 0 saturated heterocycles.